The number of amidine groups is 1. The summed E-state index contributed by atoms with van der Waals surface area (Å²) in [6.45, 7) is 0. The number of carboxylic acids is 1. The minimum Gasteiger partial charge on any atom is -0.481 e. The lowest BCUT2D eigenvalue weighted by Gasteiger charge is -2.24. The van der Waals surface area contributed by atoms with Crippen molar-refractivity contribution in [3.63, 3.8) is 0 Å². The third-order valence-electron chi connectivity index (χ3n) is 3.93. The maximum atomic E-state index is 13.6. The largest absolute Gasteiger partial charge is 0.481 e. The molecule has 1 N–H and O–H groups in total. The fourth-order valence-electron chi connectivity index (χ4n) is 2.87. The normalized spacial score (nSPS) is 26.0. The summed E-state index contributed by atoms with van der Waals surface area (Å²) in [6, 6.07) is 5.21. The number of amides is 1. The van der Waals surface area contributed by atoms with Gasteiger partial charge in [-0.3, -0.25) is 9.59 Å². The number of carboxylic acid groups (broad SMARTS) is 1. The average molecular weight is 386 g/mol. The Morgan fingerprint density at radius 1 is 1.32 bits per heavy atom. The first-order valence-corrected chi connectivity index (χ1v) is 10.2. The molecule has 0 aliphatic carbocycles. The number of fused-ring (bicyclic) bond motifs is 1. The van der Waals surface area contributed by atoms with E-state index in [0.29, 0.717) is 5.69 Å². The first-order valence-electron chi connectivity index (χ1n) is 7.50. The van der Waals surface area contributed by atoms with Gasteiger partial charge in [0.05, 0.1) is 24.0 Å². The van der Waals surface area contributed by atoms with Crippen LogP contribution in [0.2, 0.25) is 0 Å². The Morgan fingerprint density at radius 3 is 2.76 bits per heavy atom. The van der Waals surface area contributed by atoms with Gasteiger partial charge in [-0.15, -0.1) is 0 Å². The number of nitrogens with zero attached hydrogens (tertiary/aromatic N) is 2. The maximum Gasteiger partial charge on any atom is 0.303 e. The molecule has 1 amide bonds. The predicted octanol–water partition coefficient (Wildman–Crippen LogP) is 1.29. The topological polar surface area (TPSA) is 104 Å². The molecular weight excluding hydrogens is 371 g/mol. The molecule has 1 aromatic carbocycles. The van der Waals surface area contributed by atoms with Gasteiger partial charge in [0.2, 0.25) is 5.91 Å². The van der Waals surface area contributed by atoms with Crippen LogP contribution in [0.15, 0.2) is 29.3 Å². The number of aliphatic carboxylic acids is 1. The Bertz CT molecular complexity index is 855. The van der Waals surface area contributed by atoms with Crippen LogP contribution in [0.3, 0.4) is 0 Å². The van der Waals surface area contributed by atoms with E-state index in [1.165, 1.54) is 18.2 Å². The van der Waals surface area contributed by atoms with Gasteiger partial charge in [0.15, 0.2) is 15.0 Å². The number of hydrogen-bond acceptors (Lipinski definition) is 5. The van der Waals surface area contributed by atoms with Crippen LogP contribution in [0.4, 0.5) is 10.1 Å². The summed E-state index contributed by atoms with van der Waals surface area (Å²) in [5, 5.41) is 8.64. The van der Waals surface area contributed by atoms with Crippen LogP contribution in [0, 0.1) is 5.82 Å². The number of sulfone groups is 1. The highest BCUT2D eigenvalue weighted by atomic mass is 32.2. The Hall–Kier alpha value is -1.94. The van der Waals surface area contributed by atoms with Crippen LogP contribution in [0.5, 0.6) is 0 Å². The number of rotatable bonds is 4. The molecule has 2 aliphatic rings. The second kappa shape index (κ2) is 6.75. The molecule has 0 aromatic heterocycles. The van der Waals surface area contributed by atoms with E-state index in [1.54, 1.807) is 11.0 Å². The van der Waals surface area contributed by atoms with E-state index >= 15 is 0 Å². The first kappa shape index (κ1) is 17.9. The lowest BCUT2D eigenvalue weighted by atomic mass is 10.2. The van der Waals surface area contributed by atoms with Crippen LogP contribution in [-0.2, 0) is 19.4 Å². The molecule has 2 atom stereocenters. The second-order valence-corrected chi connectivity index (χ2v) is 9.19. The molecular formula is C15H15FN2O5S2. The first-order chi connectivity index (χ1) is 11.7. The highest BCUT2D eigenvalue weighted by Gasteiger charge is 2.49. The molecule has 25 heavy (non-hydrogen) atoms. The number of carbonyl (C=O) groups excluding carboxylic acids is 1. The van der Waals surface area contributed by atoms with E-state index in [-0.39, 0.29) is 34.8 Å². The molecule has 7 nitrogen and oxygen atoms in total. The number of thioether (sulfide) groups is 1. The van der Waals surface area contributed by atoms with Gasteiger partial charge in [-0.05, 0) is 18.2 Å². The summed E-state index contributed by atoms with van der Waals surface area (Å²) in [5.74, 6) is -2.31. The van der Waals surface area contributed by atoms with E-state index in [2.05, 4.69) is 4.99 Å². The van der Waals surface area contributed by atoms with Crippen molar-refractivity contribution in [2.45, 2.75) is 24.1 Å². The van der Waals surface area contributed by atoms with E-state index in [9.17, 15) is 22.4 Å². The van der Waals surface area contributed by atoms with E-state index < -0.39 is 33.6 Å². The second-order valence-electron chi connectivity index (χ2n) is 5.83. The van der Waals surface area contributed by atoms with Crippen molar-refractivity contribution >= 4 is 44.3 Å². The number of halogens is 1. The zero-order chi connectivity index (χ0) is 18.2. The molecule has 2 fully saturated rings. The fourth-order valence-corrected chi connectivity index (χ4v) is 6.80. The molecule has 2 saturated heterocycles. The molecule has 1 aromatic rings. The van der Waals surface area contributed by atoms with Crippen molar-refractivity contribution in [3.05, 3.63) is 30.1 Å². The van der Waals surface area contributed by atoms with E-state index in [0.717, 1.165) is 11.8 Å². The molecule has 0 bridgehead atoms. The fraction of sp³-hybridized carbons (Fsp3) is 0.400. The van der Waals surface area contributed by atoms with Crippen LogP contribution >= 0.6 is 11.8 Å². The molecule has 0 saturated carbocycles. The Labute approximate surface area is 147 Å². The van der Waals surface area contributed by atoms with Crippen molar-refractivity contribution in [2.24, 2.45) is 4.99 Å². The molecule has 0 unspecified atom stereocenters. The van der Waals surface area contributed by atoms with Crippen LogP contribution < -0.4 is 4.90 Å². The van der Waals surface area contributed by atoms with Crippen molar-refractivity contribution in [1.29, 1.82) is 0 Å². The quantitative estimate of drug-likeness (QED) is 0.831. The van der Waals surface area contributed by atoms with Gasteiger partial charge >= 0.3 is 5.97 Å². The standard InChI is InChI=1S/C15H15FN2O5S2/c16-9-2-1-3-10(6-9)18-11-7-25(22,23)8-12(11)24-15(18)17-13(19)4-5-14(20)21/h1-3,6,11-12H,4-5,7-8H2,(H,20,21)/t11-,12+/m0/s1. The van der Waals surface area contributed by atoms with Crippen molar-refractivity contribution in [3.8, 4) is 0 Å². The summed E-state index contributed by atoms with van der Waals surface area (Å²) in [4.78, 5) is 28.0. The van der Waals surface area contributed by atoms with Gasteiger partial charge in [0.1, 0.15) is 5.82 Å². The molecule has 2 aliphatic heterocycles. The third kappa shape index (κ3) is 4.01. The zero-order valence-electron chi connectivity index (χ0n) is 13.0. The van der Waals surface area contributed by atoms with Gasteiger partial charge in [-0.25, -0.2) is 12.8 Å². The van der Waals surface area contributed by atoms with Gasteiger partial charge < -0.3 is 10.0 Å². The molecule has 134 valence electrons. The average Bonchev–Trinajstić information content (AvgIpc) is 2.96. The number of hydrogen-bond donors (Lipinski definition) is 1. The lowest BCUT2D eigenvalue weighted by Crippen LogP contribution is -2.37. The van der Waals surface area contributed by atoms with Gasteiger partial charge in [-0.2, -0.15) is 4.99 Å². The molecule has 10 heteroatoms. The smallest absolute Gasteiger partial charge is 0.303 e. The van der Waals surface area contributed by atoms with Crippen LogP contribution in [-0.4, -0.2) is 53.4 Å². The number of carbonyl (C=O) groups is 2. The minimum absolute atomic E-state index is 0.0313. The van der Waals surface area contributed by atoms with Crippen molar-refractivity contribution in [2.75, 3.05) is 16.4 Å². The summed E-state index contributed by atoms with van der Waals surface area (Å²) in [5.41, 5.74) is 0.418. The van der Waals surface area contributed by atoms with E-state index in [1.807, 2.05) is 0 Å². The lowest BCUT2D eigenvalue weighted by molar-refractivity contribution is -0.138. The van der Waals surface area contributed by atoms with Gasteiger partial charge in [0.25, 0.3) is 0 Å². The minimum atomic E-state index is -3.20. The van der Waals surface area contributed by atoms with Gasteiger partial charge in [0, 0.05) is 17.4 Å². The van der Waals surface area contributed by atoms with Gasteiger partial charge in [-0.1, -0.05) is 17.8 Å². The Balaban J connectivity index is 1.92. The number of aliphatic imine (C=N–C) groups is 1. The van der Waals surface area contributed by atoms with Crippen LogP contribution in [0.25, 0.3) is 0 Å². The molecule has 0 radical (unpaired) electrons. The molecule has 0 spiro atoms. The summed E-state index contributed by atoms with van der Waals surface area (Å²) >= 11 is 1.16. The van der Waals surface area contributed by atoms with Crippen LogP contribution in [0.1, 0.15) is 12.8 Å². The predicted molar refractivity (Wildman–Crippen MR) is 92.0 cm³/mol. The monoisotopic (exact) mass is 386 g/mol. The van der Waals surface area contributed by atoms with Crippen molar-refractivity contribution in [1.82, 2.24) is 0 Å². The molecule has 2 heterocycles. The molecule has 3 rings (SSSR count). The van der Waals surface area contributed by atoms with E-state index in [4.69, 9.17) is 5.11 Å². The summed E-state index contributed by atoms with van der Waals surface area (Å²) in [6.07, 6.45) is -0.578. The Morgan fingerprint density at radius 2 is 2.08 bits per heavy atom. The SMILES string of the molecule is O=C(O)CCC(=O)N=C1S[C@@H]2CS(=O)(=O)C[C@@H]2N1c1cccc(F)c1. The third-order valence-corrected chi connectivity index (χ3v) is 7.14. The number of benzene rings is 1. The summed E-state index contributed by atoms with van der Waals surface area (Å²) < 4.78 is 37.4. The zero-order valence-corrected chi connectivity index (χ0v) is 14.6. The Kier molecular flexibility index (Phi) is 4.83. The van der Waals surface area contributed by atoms with Crippen molar-refractivity contribution < 1.29 is 27.5 Å². The maximum absolute atomic E-state index is 13.6. The highest BCUT2D eigenvalue weighted by molar-refractivity contribution is 8.16. The highest BCUT2D eigenvalue weighted by Crippen LogP contribution is 2.41. The number of anilines is 1. The summed E-state index contributed by atoms with van der Waals surface area (Å²) in [7, 11) is -3.20.